The largest absolute Gasteiger partial charge is 0.508 e. The van der Waals surface area contributed by atoms with Gasteiger partial charge in [0.25, 0.3) is 5.91 Å². The minimum Gasteiger partial charge on any atom is -0.508 e. The lowest BCUT2D eigenvalue weighted by Crippen LogP contribution is -2.22. The fourth-order valence-corrected chi connectivity index (χ4v) is 3.15. The number of fused-ring (bicyclic) bond motifs is 1. The molecule has 0 aliphatic heterocycles. The van der Waals surface area contributed by atoms with Crippen molar-refractivity contribution in [3.05, 3.63) is 89.1 Å². The number of ether oxygens (including phenoxy) is 1. The van der Waals surface area contributed by atoms with Crippen molar-refractivity contribution in [3.63, 3.8) is 0 Å². The van der Waals surface area contributed by atoms with Gasteiger partial charge in [-0.2, -0.15) is 0 Å². The van der Waals surface area contributed by atoms with Crippen LogP contribution in [-0.2, 0) is 4.74 Å². The molecule has 0 unspecified atom stereocenters. The molecule has 0 saturated heterocycles. The van der Waals surface area contributed by atoms with Crippen molar-refractivity contribution in [2.24, 2.45) is 4.99 Å². The molecule has 2 aromatic carbocycles. The predicted octanol–water partition coefficient (Wildman–Crippen LogP) is 4.50. The Morgan fingerprint density at radius 2 is 1.88 bits per heavy atom. The van der Waals surface area contributed by atoms with Crippen LogP contribution in [-0.4, -0.2) is 28.6 Å². The first-order valence-corrected chi connectivity index (χ1v) is 10.3. The summed E-state index contributed by atoms with van der Waals surface area (Å²) in [4.78, 5) is 33.7. The van der Waals surface area contributed by atoms with Crippen LogP contribution < -0.4 is 10.9 Å². The molecule has 0 radical (unpaired) electrons. The molecule has 8 heteroatoms. The van der Waals surface area contributed by atoms with Crippen molar-refractivity contribution >= 4 is 34.4 Å². The van der Waals surface area contributed by atoms with E-state index in [0.29, 0.717) is 28.0 Å². The highest BCUT2D eigenvalue weighted by atomic mass is 16.5. The number of benzene rings is 2. The molecule has 2 aromatic heterocycles. The number of phenolic OH excluding ortho intramolecular Hbond substituents is 1. The van der Waals surface area contributed by atoms with Crippen LogP contribution in [0, 0.1) is 6.92 Å². The number of pyridine rings is 1. The molecule has 4 aromatic rings. The smallest absolute Gasteiger partial charge is 0.338 e. The Bertz CT molecular complexity index is 1410. The van der Waals surface area contributed by atoms with E-state index < -0.39 is 11.9 Å². The number of nitrogens with one attached hydrogen (secondary N) is 1. The number of hydrogen-bond donors (Lipinski definition) is 2. The number of hydrogen-bond acceptors (Lipinski definition) is 7. The lowest BCUT2D eigenvalue weighted by atomic mass is 10.1. The number of aryl methyl sites for hydroxylation is 1. The molecule has 166 valence electrons. The molecule has 1 amide bonds. The zero-order valence-electron chi connectivity index (χ0n) is 18.0. The summed E-state index contributed by atoms with van der Waals surface area (Å²) in [7, 11) is 0. The Labute approximate surface area is 189 Å². The summed E-state index contributed by atoms with van der Waals surface area (Å²) in [5.74, 6) is -0.456. The van der Waals surface area contributed by atoms with Gasteiger partial charge in [-0.05, 0) is 68.4 Å². The Hall–Kier alpha value is -4.46. The summed E-state index contributed by atoms with van der Waals surface area (Å²) in [6, 6.07) is 18.0. The average Bonchev–Trinajstić information content (AvgIpc) is 2.79. The molecule has 2 N–H and O–H groups in total. The maximum absolute atomic E-state index is 13.1. The fraction of sp³-hybridized carbons (Fsp3) is 0.120. The topological polar surface area (TPSA) is 114 Å². The highest BCUT2D eigenvalue weighted by Gasteiger charge is 2.14. The Morgan fingerprint density at radius 3 is 2.61 bits per heavy atom. The second-order valence-electron chi connectivity index (χ2n) is 7.18. The van der Waals surface area contributed by atoms with Crippen LogP contribution in [0.4, 0.5) is 11.5 Å². The van der Waals surface area contributed by atoms with E-state index in [9.17, 15) is 14.7 Å². The molecule has 0 spiro atoms. The van der Waals surface area contributed by atoms with Gasteiger partial charge in [-0.1, -0.05) is 6.07 Å². The van der Waals surface area contributed by atoms with Gasteiger partial charge in [0.2, 0.25) is 5.55 Å². The molecule has 2 heterocycles. The minimum absolute atomic E-state index is 0.0251. The first kappa shape index (κ1) is 21.8. The lowest BCUT2D eigenvalue weighted by Gasteiger charge is -2.07. The number of anilines is 1. The standard InChI is InChI=1S/C25H21N3O5/c1-3-32-25(31)16-7-10-18(11-8-16)27-24-20(13-17-9-12-19(29)14-21(17)33-24)23(30)28-22-6-4-5-15(2)26-22/h4-14,29H,3H2,1-2H3,(H,26,28,30). The van der Waals surface area contributed by atoms with Gasteiger partial charge in [0.1, 0.15) is 22.7 Å². The number of carbonyl (C=O) groups excluding carboxylic acids is 2. The van der Waals surface area contributed by atoms with Crippen molar-refractivity contribution in [1.82, 2.24) is 4.98 Å². The molecule has 0 aliphatic carbocycles. The summed E-state index contributed by atoms with van der Waals surface area (Å²) in [6.45, 7) is 3.84. The van der Waals surface area contributed by atoms with Crippen LogP contribution in [0.1, 0.15) is 33.3 Å². The van der Waals surface area contributed by atoms with Gasteiger partial charge in [-0.25, -0.2) is 14.8 Å². The number of esters is 1. The van der Waals surface area contributed by atoms with E-state index in [0.717, 1.165) is 5.69 Å². The number of aromatic hydroxyl groups is 1. The molecule has 0 atom stereocenters. The number of nitrogens with zero attached hydrogens (tertiary/aromatic N) is 2. The molecule has 0 saturated carbocycles. The normalized spacial score (nSPS) is 11.4. The Morgan fingerprint density at radius 1 is 1.09 bits per heavy atom. The second-order valence-corrected chi connectivity index (χ2v) is 7.18. The third-order valence-corrected chi connectivity index (χ3v) is 4.72. The highest BCUT2D eigenvalue weighted by molar-refractivity contribution is 6.05. The number of amides is 1. The fourth-order valence-electron chi connectivity index (χ4n) is 3.15. The zero-order valence-corrected chi connectivity index (χ0v) is 18.0. The summed E-state index contributed by atoms with van der Waals surface area (Å²) >= 11 is 0. The van der Waals surface area contributed by atoms with E-state index in [-0.39, 0.29) is 23.5 Å². The van der Waals surface area contributed by atoms with Crippen LogP contribution in [0.15, 0.2) is 76.1 Å². The van der Waals surface area contributed by atoms with E-state index in [1.807, 2.05) is 13.0 Å². The van der Waals surface area contributed by atoms with Crippen LogP contribution in [0.2, 0.25) is 0 Å². The van der Waals surface area contributed by atoms with Crippen LogP contribution in [0.3, 0.4) is 0 Å². The molecule has 33 heavy (non-hydrogen) atoms. The van der Waals surface area contributed by atoms with Crippen LogP contribution in [0.25, 0.3) is 11.0 Å². The third kappa shape index (κ3) is 5.07. The zero-order chi connectivity index (χ0) is 23.4. The number of carbonyl (C=O) groups is 2. The van der Waals surface area contributed by atoms with E-state index in [2.05, 4.69) is 15.3 Å². The van der Waals surface area contributed by atoms with Crippen molar-refractivity contribution in [2.75, 3.05) is 11.9 Å². The van der Waals surface area contributed by atoms with Gasteiger partial charge < -0.3 is 19.6 Å². The molecule has 0 aliphatic rings. The SMILES string of the molecule is CCOC(=O)c1ccc(N=c2oc3cc(O)ccc3cc2C(=O)Nc2cccc(C)n2)cc1. The van der Waals surface area contributed by atoms with Crippen LogP contribution >= 0.6 is 0 Å². The lowest BCUT2D eigenvalue weighted by molar-refractivity contribution is 0.0526. The first-order valence-electron chi connectivity index (χ1n) is 10.3. The summed E-state index contributed by atoms with van der Waals surface area (Å²) in [6.07, 6.45) is 0. The molecule has 0 bridgehead atoms. The number of aromatic nitrogens is 1. The van der Waals surface area contributed by atoms with Crippen molar-refractivity contribution in [1.29, 1.82) is 0 Å². The number of phenols is 1. The first-order chi connectivity index (χ1) is 15.9. The van der Waals surface area contributed by atoms with Gasteiger partial charge in [-0.15, -0.1) is 0 Å². The van der Waals surface area contributed by atoms with Gasteiger partial charge >= 0.3 is 5.97 Å². The van der Waals surface area contributed by atoms with Crippen molar-refractivity contribution in [3.8, 4) is 5.75 Å². The maximum Gasteiger partial charge on any atom is 0.338 e. The highest BCUT2D eigenvalue weighted by Crippen LogP contribution is 2.21. The number of rotatable bonds is 5. The second kappa shape index (κ2) is 9.35. The molecule has 4 rings (SSSR count). The average molecular weight is 443 g/mol. The van der Waals surface area contributed by atoms with E-state index in [4.69, 9.17) is 9.15 Å². The summed E-state index contributed by atoms with van der Waals surface area (Å²) in [5, 5.41) is 13.2. The van der Waals surface area contributed by atoms with Crippen molar-refractivity contribution < 1.29 is 23.8 Å². The monoisotopic (exact) mass is 443 g/mol. The minimum atomic E-state index is -0.450. The van der Waals surface area contributed by atoms with Gasteiger partial charge in [-0.3, -0.25) is 4.79 Å². The predicted molar refractivity (Wildman–Crippen MR) is 122 cm³/mol. The summed E-state index contributed by atoms with van der Waals surface area (Å²) < 4.78 is 10.9. The van der Waals surface area contributed by atoms with Gasteiger partial charge in [0.15, 0.2) is 0 Å². The Balaban J connectivity index is 1.78. The Kier molecular flexibility index (Phi) is 6.17. The van der Waals surface area contributed by atoms with Crippen molar-refractivity contribution in [2.45, 2.75) is 13.8 Å². The van der Waals surface area contributed by atoms with Gasteiger partial charge in [0.05, 0.1) is 17.9 Å². The molecular formula is C25H21N3O5. The van der Waals surface area contributed by atoms with E-state index in [1.165, 1.54) is 12.1 Å². The molecule has 0 fully saturated rings. The third-order valence-electron chi connectivity index (χ3n) is 4.72. The molecular weight excluding hydrogens is 422 g/mol. The van der Waals surface area contributed by atoms with E-state index in [1.54, 1.807) is 55.5 Å². The van der Waals surface area contributed by atoms with E-state index >= 15 is 0 Å². The van der Waals surface area contributed by atoms with Gasteiger partial charge in [0, 0.05) is 17.1 Å². The van der Waals surface area contributed by atoms with Crippen LogP contribution in [0.5, 0.6) is 5.75 Å². The quantitative estimate of drug-likeness (QED) is 0.439. The molecule has 8 nitrogen and oxygen atoms in total. The maximum atomic E-state index is 13.1. The summed E-state index contributed by atoms with van der Waals surface area (Å²) in [5.41, 5.74) is 2.21.